The number of hydrogen-bond acceptors (Lipinski definition) is 3. The van der Waals surface area contributed by atoms with E-state index in [1.807, 2.05) is 35.0 Å². The molecule has 12 aromatic rings. The zero-order valence-corrected chi connectivity index (χ0v) is 30.0. The van der Waals surface area contributed by atoms with Crippen molar-refractivity contribution in [3.8, 4) is 39.6 Å². The Bertz CT molecular complexity index is 3420. The first-order chi connectivity index (χ1) is 27.8. The molecule has 0 aliphatic carbocycles. The summed E-state index contributed by atoms with van der Waals surface area (Å²) >= 11 is 0. The zero-order valence-electron chi connectivity index (χ0n) is 30.0. The van der Waals surface area contributed by atoms with Gasteiger partial charge in [0.2, 0.25) is 0 Å². The molecule has 6 nitrogen and oxygen atoms in total. The smallest absolute Gasteiger partial charge is 0.136 e. The molecule has 0 radical (unpaired) electrons. The monoisotopic (exact) mass is 717 g/mol. The van der Waals surface area contributed by atoms with Crippen LogP contribution in [0, 0.1) is 0 Å². The summed E-state index contributed by atoms with van der Waals surface area (Å²) < 4.78 is 13.2. The van der Waals surface area contributed by atoms with Crippen molar-refractivity contribution in [2.24, 2.45) is 0 Å². The summed E-state index contributed by atoms with van der Waals surface area (Å²) in [5, 5.41) is 16.6. The third-order valence-electron chi connectivity index (χ3n) is 11.2. The summed E-state index contributed by atoms with van der Waals surface area (Å²) in [5.41, 5.74) is 13.2. The average Bonchev–Trinajstić information content (AvgIpc) is 4.04. The molecule has 0 saturated heterocycles. The predicted octanol–water partition coefficient (Wildman–Crippen LogP) is 12.7. The lowest BCUT2D eigenvalue weighted by Crippen LogP contribution is -2.02. The van der Waals surface area contributed by atoms with Crippen molar-refractivity contribution in [2.45, 2.75) is 0 Å². The van der Waals surface area contributed by atoms with E-state index in [0.29, 0.717) is 0 Å². The van der Waals surface area contributed by atoms with Gasteiger partial charge in [-0.15, -0.1) is 5.10 Å². The molecule has 0 atom stereocenters. The third kappa shape index (κ3) is 4.38. The number of fused-ring (bicyclic) bond motifs is 10. The molecule has 0 N–H and O–H groups in total. The SMILES string of the molecule is c1ccc(-c2nnn(-c3ccccc3)c2-c2cccc3c4ccccc4n(-c4cccc(-n5c6ccccc6c6c7c(ccc65)oc5ccccc57)c4)c23)cc1. The average molecular weight is 718 g/mol. The van der Waals surface area contributed by atoms with E-state index in [-0.39, 0.29) is 0 Å². The highest BCUT2D eigenvalue weighted by atomic mass is 16.3. The second-order valence-electron chi connectivity index (χ2n) is 14.3. The molecular weight excluding hydrogens is 687 g/mol. The molecule has 0 aliphatic heterocycles. The minimum atomic E-state index is 0.830. The maximum absolute atomic E-state index is 6.37. The summed E-state index contributed by atoms with van der Waals surface area (Å²) in [5.74, 6) is 0. The molecule has 0 aliphatic rings. The Kier molecular flexibility index (Phi) is 6.53. The number of para-hydroxylation sites is 5. The van der Waals surface area contributed by atoms with Crippen LogP contribution in [0.5, 0.6) is 0 Å². The van der Waals surface area contributed by atoms with Crippen LogP contribution in [0.1, 0.15) is 0 Å². The molecule has 262 valence electrons. The highest BCUT2D eigenvalue weighted by molar-refractivity contribution is 6.27. The van der Waals surface area contributed by atoms with Gasteiger partial charge in [-0.3, -0.25) is 0 Å². The Hall–Kier alpha value is -7.70. The predicted molar refractivity (Wildman–Crippen MR) is 228 cm³/mol. The first-order valence-corrected chi connectivity index (χ1v) is 18.9. The van der Waals surface area contributed by atoms with Gasteiger partial charge in [0, 0.05) is 54.8 Å². The van der Waals surface area contributed by atoms with E-state index in [1.54, 1.807) is 0 Å². The van der Waals surface area contributed by atoms with Crippen LogP contribution < -0.4 is 0 Å². The molecule has 12 rings (SSSR count). The van der Waals surface area contributed by atoms with Crippen LogP contribution in [0.2, 0.25) is 0 Å². The van der Waals surface area contributed by atoms with E-state index in [1.165, 1.54) is 16.2 Å². The van der Waals surface area contributed by atoms with Crippen LogP contribution in [0.25, 0.3) is 105 Å². The first-order valence-electron chi connectivity index (χ1n) is 18.9. The topological polar surface area (TPSA) is 53.7 Å². The van der Waals surface area contributed by atoms with Gasteiger partial charge in [-0.25, -0.2) is 4.68 Å². The van der Waals surface area contributed by atoms with Crippen LogP contribution in [0.15, 0.2) is 192 Å². The molecule has 0 amide bonds. The summed E-state index contributed by atoms with van der Waals surface area (Å²) in [6.07, 6.45) is 0. The van der Waals surface area contributed by atoms with Gasteiger partial charge in [0.1, 0.15) is 22.6 Å². The van der Waals surface area contributed by atoms with Crippen molar-refractivity contribution in [1.82, 2.24) is 24.1 Å². The van der Waals surface area contributed by atoms with E-state index in [4.69, 9.17) is 14.7 Å². The lowest BCUT2D eigenvalue weighted by atomic mass is 10.0. The maximum Gasteiger partial charge on any atom is 0.136 e. The zero-order chi connectivity index (χ0) is 36.7. The minimum Gasteiger partial charge on any atom is -0.456 e. The van der Waals surface area contributed by atoms with Crippen LogP contribution in [-0.2, 0) is 0 Å². The molecule has 4 heterocycles. The fourth-order valence-electron chi connectivity index (χ4n) is 8.87. The van der Waals surface area contributed by atoms with Gasteiger partial charge in [0.05, 0.1) is 27.8 Å². The summed E-state index contributed by atoms with van der Waals surface area (Å²) in [7, 11) is 0. The van der Waals surface area contributed by atoms with Crippen LogP contribution in [0.4, 0.5) is 0 Å². The molecule has 6 heteroatoms. The molecular formula is C50H31N5O. The van der Waals surface area contributed by atoms with E-state index < -0.39 is 0 Å². The fourth-order valence-corrected chi connectivity index (χ4v) is 8.87. The van der Waals surface area contributed by atoms with E-state index >= 15 is 0 Å². The van der Waals surface area contributed by atoms with E-state index in [9.17, 15) is 0 Å². The standard InChI is InChI=1S/C50H31N5O/c1-3-15-32(16-4-1)48-50(55(52-51-48)33-17-5-2-6-18-33)40-25-14-24-37-36-21-7-10-26-41(36)54(49(37)40)35-20-13-19-34(31-35)53-42-27-11-8-22-38(42)46-43(53)29-30-45-47(46)39-23-9-12-28-44(39)56-45/h1-31H. The van der Waals surface area contributed by atoms with Crippen LogP contribution >= 0.6 is 0 Å². The van der Waals surface area contributed by atoms with Crippen molar-refractivity contribution >= 4 is 65.6 Å². The van der Waals surface area contributed by atoms with Crippen LogP contribution in [-0.4, -0.2) is 24.1 Å². The Balaban J connectivity index is 1.15. The van der Waals surface area contributed by atoms with Gasteiger partial charge in [-0.2, -0.15) is 0 Å². The van der Waals surface area contributed by atoms with E-state index in [0.717, 1.165) is 89.0 Å². The highest BCUT2D eigenvalue weighted by Gasteiger charge is 2.24. The fraction of sp³-hybridized carbons (Fsp3) is 0. The van der Waals surface area contributed by atoms with Gasteiger partial charge in [0.15, 0.2) is 0 Å². The normalized spacial score (nSPS) is 11.9. The van der Waals surface area contributed by atoms with Crippen molar-refractivity contribution in [1.29, 1.82) is 0 Å². The molecule has 0 bridgehead atoms. The van der Waals surface area contributed by atoms with E-state index in [2.05, 4.69) is 167 Å². The van der Waals surface area contributed by atoms with Gasteiger partial charge >= 0.3 is 0 Å². The van der Waals surface area contributed by atoms with Gasteiger partial charge < -0.3 is 13.6 Å². The van der Waals surface area contributed by atoms with Crippen LogP contribution in [0.3, 0.4) is 0 Å². The number of hydrogen-bond donors (Lipinski definition) is 0. The minimum absolute atomic E-state index is 0.830. The van der Waals surface area contributed by atoms with Crippen molar-refractivity contribution in [3.05, 3.63) is 188 Å². The maximum atomic E-state index is 6.37. The van der Waals surface area contributed by atoms with Gasteiger partial charge in [-0.1, -0.05) is 133 Å². The number of furan rings is 1. The lowest BCUT2D eigenvalue weighted by molar-refractivity contribution is 0.669. The van der Waals surface area contributed by atoms with Gasteiger partial charge in [0.25, 0.3) is 0 Å². The molecule has 4 aromatic heterocycles. The number of nitrogens with zero attached hydrogens (tertiary/aromatic N) is 5. The van der Waals surface area contributed by atoms with Crippen molar-refractivity contribution in [3.63, 3.8) is 0 Å². The summed E-state index contributed by atoms with van der Waals surface area (Å²) in [6, 6.07) is 66.2. The lowest BCUT2D eigenvalue weighted by Gasteiger charge is -2.15. The summed E-state index contributed by atoms with van der Waals surface area (Å²) in [4.78, 5) is 0. The molecule has 8 aromatic carbocycles. The Morgan fingerprint density at radius 2 is 1.04 bits per heavy atom. The molecule has 0 saturated carbocycles. The molecule has 56 heavy (non-hydrogen) atoms. The summed E-state index contributed by atoms with van der Waals surface area (Å²) in [6.45, 7) is 0. The molecule has 0 spiro atoms. The largest absolute Gasteiger partial charge is 0.456 e. The Morgan fingerprint density at radius 3 is 1.86 bits per heavy atom. The molecule has 0 unspecified atom stereocenters. The highest BCUT2D eigenvalue weighted by Crippen LogP contribution is 2.44. The Morgan fingerprint density at radius 1 is 0.411 bits per heavy atom. The second-order valence-corrected chi connectivity index (χ2v) is 14.3. The Labute approximate surface area is 320 Å². The van der Waals surface area contributed by atoms with Crippen molar-refractivity contribution in [2.75, 3.05) is 0 Å². The first kappa shape index (κ1) is 30.7. The quantitative estimate of drug-likeness (QED) is 0.178. The second kappa shape index (κ2) is 11.9. The third-order valence-corrected chi connectivity index (χ3v) is 11.2. The number of benzene rings is 8. The number of rotatable bonds is 5. The van der Waals surface area contributed by atoms with Crippen molar-refractivity contribution < 1.29 is 4.42 Å². The molecule has 0 fully saturated rings. The number of aromatic nitrogens is 5. The van der Waals surface area contributed by atoms with Gasteiger partial charge in [-0.05, 0) is 60.7 Å².